The van der Waals surface area contributed by atoms with Gasteiger partial charge in [-0.3, -0.25) is 0 Å². The molecule has 10 heavy (non-hydrogen) atoms. The van der Waals surface area contributed by atoms with Crippen molar-refractivity contribution in [1.29, 1.82) is 0 Å². The average Bonchev–Trinajstić information content (AvgIpc) is 1.88. The summed E-state index contributed by atoms with van der Waals surface area (Å²) in [4.78, 5) is 0. The van der Waals surface area contributed by atoms with E-state index < -0.39 is 0 Å². The van der Waals surface area contributed by atoms with Gasteiger partial charge in [0.05, 0.1) is 0 Å². The topological polar surface area (TPSA) is 12.0 Å². The molecule has 1 heteroatoms. The Morgan fingerprint density at radius 2 is 1.80 bits per heavy atom. The molecule has 0 heterocycles. The van der Waals surface area contributed by atoms with Crippen LogP contribution in [0.25, 0.3) is 0 Å². The van der Waals surface area contributed by atoms with Crippen LogP contribution in [0.1, 0.15) is 20.8 Å². The normalized spacial score (nSPS) is 16.4. The Kier molecular flexibility index (Phi) is 4.14. The molecule has 2 atom stereocenters. The largest absolute Gasteiger partial charge is 0.316 e. The highest BCUT2D eigenvalue weighted by atomic mass is 14.9. The van der Waals surface area contributed by atoms with Crippen LogP contribution in [0.4, 0.5) is 0 Å². The van der Waals surface area contributed by atoms with Gasteiger partial charge in [0.1, 0.15) is 0 Å². The first-order valence-electron chi connectivity index (χ1n) is 3.76. The minimum Gasteiger partial charge on any atom is -0.316 e. The van der Waals surface area contributed by atoms with Crippen LogP contribution >= 0.6 is 0 Å². The molecular weight excluding hydrogens is 122 g/mol. The summed E-state index contributed by atoms with van der Waals surface area (Å²) >= 11 is 0. The molecule has 0 aliphatic carbocycles. The molecule has 0 bridgehead atoms. The third kappa shape index (κ3) is 2.41. The van der Waals surface area contributed by atoms with Crippen LogP contribution in [-0.2, 0) is 0 Å². The first-order chi connectivity index (χ1) is 4.63. The second-order valence-corrected chi connectivity index (χ2v) is 3.01. The number of terminal acetylenes is 1. The van der Waals surface area contributed by atoms with Gasteiger partial charge >= 0.3 is 0 Å². The van der Waals surface area contributed by atoms with E-state index in [1.165, 1.54) is 0 Å². The first kappa shape index (κ1) is 9.52. The fourth-order valence-electron chi connectivity index (χ4n) is 1.26. The van der Waals surface area contributed by atoms with Crippen molar-refractivity contribution in [3.63, 3.8) is 0 Å². The van der Waals surface area contributed by atoms with Crippen molar-refractivity contribution in [3.8, 4) is 12.3 Å². The third-order valence-electron chi connectivity index (χ3n) is 1.85. The quantitative estimate of drug-likeness (QED) is 0.584. The summed E-state index contributed by atoms with van der Waals surface area (Å²) < 4.78 is 0. The smallest absolute Gasteiger partial charge is 0.0327 e. The van der Waals surface area contributed by atoms with Crippen LogP contribution in [0.3, 0.4) is 0 Å². The first-order valence-corrected chi connectivity index (χ1v) is 3.76. The van der Waals surface area contributed by atoms with Crippen LogP contribution in [0.15, 0.2) is 0 Å². The van der Waals surface area contributed by atoms with Gasteiger partial charge in [0, 0.05) is 12.0 Å². The molecule has 0 aromatic carbocycles. The lowest BCUT2D eigenvalue weighted by Crippen LogP contribution is -2.36. The number of hydrogen-bond donors (Lipinski definition) is 1. The van der Waals surface area contributed by atoms with E-state index in [1.807, 2.05) is 7.05 Å². The summed E-state index contributed by atoms with van der Waals surface area (Å²) in [6.07, 6.45) is 5.30. The van der Waals surface area contributed by atoms with E-state index in [0.29, 0.717) is 17.9 Å². The Morgan fingerprint density at radius 3 is 1.90 bits per heavy atom. The Hall–Kier alpha value is -0.480. The maximum atomic E-state index is 5.30. The van der Waals surface area contributed by atoms with E-state index in [9.17, 15) is 0 Å². The van der Waals surface area contributed by atoms with E-state index in [-0.39, 0.29) is 0 Å². The lowest BCUT2D eigenvalue weighted by molar-refractivity contribution is 0.366. The molecule has 0 saturated heterocycles. The molecular formula is C9H17N. The lowest BCUT2D eigenvalue weighted by Gasteiger charge is -2.22. The van der Waals surface area contributed by atoms with Gasteiger partial charge in [-0.25, -0.2) is 0 Å². The molecule has 58 valence electrons. The minimum atomic E-state index is 0.324. The molecule has 0 amide bonds. The fourth-order valence-corrected chi connectivity index (χ4v) is 1.26. The molecule has 0 aliphatic rings. The van der Waals surface area contributed by atoms with Gasteiger partial charge < -0.3 is 5.32 Å². The van der Waals surface area contributed by atoms with Crippen LogP contribution in [-0.4, -0.2) is 13.1 Å². The highest BCUT2D eigenvalue weighted by molar-refractivity contribution is 4.97. The van der Waals surface area contributed by atoms with Gasteiger partial charge in [0.15, 0.2) is 0 Å². The standard InChI is InChI=1S/C9H17N/c1-6-8(4)9(10-5)7(2)3/h1,7-10H,2-5H3. The summed E-state index contributed by atoms with van der Waals surface area (Å²) in [6, 6.07) is 0.449. The van der Waals surface area contributed by atoms with Crippen LogP contribution < -0.4 is 5.32 Å². The van der Waals surface area contributed by atoms with Crippen molar-refractivity contribution >= 4 is 0 Å². The van der Waals surface area contributed by atoms with E-state index in [0.717, 1.165) is 0 Å². The van der Waals surface area contributed by atoms with Crippen molar-refractivity contribution in [2.75, 3.05) is 7.05 Å². The Bertz CT molecular complexity index is 121. The highest BCUT2D eigenvalue weighted by Gasteiger charge is 2.15. The van der Waals surface area contributed by atoms with E-state index in [4.69, 9.17) is 6.42 Å². The van der Waals surface area contributed by atoms with Crippen molar-refractivity contribution in [2.24, 2.45) is 11.8 Å². The predicted octanol–water partition coefficient (Wildman–Crippen LogP) is 1.50. The molecule has 0 aromatic rings. The minimum absolute atomic E-state index is 0.324. The molecule has 0 fully saturated rings. The van der Waals surface area contributed by atoms with Gasteiger partial charge in [0.25, 0.3) is 0 Å². The zero-order chi connectivity index (χ0) is 8.15. The van der Waals surface area contributed by atoms with E-state index >= 15 is 0 Å². The molecule has 1 nitrogen and oxygen atoms in total. The maximum absolute atomic E-state index is 5.30. The molecule has 0 aromatic heterocycles. The van der Waals surface area contributed by atoms with Crippen molar-refractivity contribution in [1.82, 2.24) is 5.32 Å². The molecule has 0 rings (SSSR count). The zero-order valence-electron chi connectivity index (χ0n) is 7.31. The van der Waals surface area contributed by atoms with Gasteiger partial charge in [-0.1, -0.05) is 13.8 Å². The maximum Gasteiger partial charge on any atom is 0.0327 e. The zero-order valence-corrected chi connectivity index (χ0v) is 7.31. The Balaban J connectivity index is 3.96. The Morgan fingerprint density at radius 1 is 1.30 bits per heavy atom. The van der Waals surface area contributed by atoms with Gasteiger partial charge in [0.2, 0.25) is 0 Å². The lowest BCUT2D eigenvalue weighted by atomic mass is 9.93. The average molecular weight is 139 g/mol. The van der Waals surface area contributed by atoms with E-state index in [2.05, 4.69) is 32.0 Å². The third-order valence-corrected chi connectivity index (χ3v) is 1.85. The summed E-state index contributed by atoms with van der Waals surface area (Å²) in [5.74, 6) is 3.67. The highest BCUT2D eigenvalue weighted by Crippen LogP contribution is 2.10. The van der Waals surface area contributed by atoms with Crippen molar-refractivity contribution in [3.05, 3.63) is 0 Å². The van der Waals surface area contributed by atoms with Crippen molar-refractivity contribution < 1.29 is 0 Å². The van der Waals surface area contributed by atoms with Crippen LogP contribution in [0, 0.1) is 24.2 Å². The predicted molar refractivity (Wildman–Crippen MR) is 45.7 cm³/mol. The number of nitrogens with one attached hydrogen (secondary N) is 1. The molecule has 0 radical (unpaired) electrons. The second kappa shape index (κ2) is 4.35. The van der Waals surface area contributed by atoms with Gasteiger partial charge in [-0.05, 0) is 19.9 Å². The monoisotopic (exact) mass is 139 g/mol. The van der Waals surface area contributed by atoms with E-state index in [1.54, 1.807) is 0 Å². The molecule has 0 aliphatic heterocycles. The molecule has 1 N–H and O–H groups in total. The number of rotatable bonds is 3. The fraction of sp³-hybridized carbons (Fsp3) is 0.778. The summed E-state index contributed by atoms with van der Waals surface area (Å²) in [6.45, 7) is 6.42. The molecule has 0 saturated carbocycles. The van der Waals surface area contributed by atoms with Gasteiger partial charge in [-0.2, -0.15) is 0 Å². The van der Waals surface area contributed by atoms with Crippen LogP contribution in [0.5, 0.6) is 0 Å². The second-order valence-electron chi connectivity index (χ2n) is 3.01. The summed E-state index contributed by atoms with van der Waals surface area (Å²) in [7, 11) is 1.96. The molecule has 0 spiro atoms. The van der Waals surface area contributed by atoms with Crippen LogP contribution in [0.2, 0.25) is 0 Å². The number of hydrogen-bond acceptors (Lipinski definition) is 1. The SMILES string of the molecule is C#CC(C)C(NC)C(C)C. The van der Waals surface area contributed by atoms with Crippen molar-refractivity contribution in [2.45, 2.75) is 26.8 Å². The summed E-state index contributed by atoms with van der Waals surface area (Å²) in [5, 5.41) is 3.21. The van der Waals surface area contributed by atoms with Gasteiger partial charge in [-0.15, -0.1) is 12.3 Å². The summed E-state index contributed by atoms with van der Waals surface area (Å²) in [5.41, 5.74) is 0. The molecule has 2 unspecified atom stereocenters. The Labute approximate surface area is 64.2 Å².